The van der Waals surface area contributed by atoms with E-state index in [0.717, 1.165) is 23.1 Å². The van der Waals surface area contributed by atoms with Gasteiger partial charge in [0, 0.05) is 6.42 Å². The van der Waals surface area contributed by atoms with Crippen LogP contribution in [0.15, 0.2) is 48.5 Å². The molecule has 0 spiro atoms. The summed E-state index contributed by atoms with van der Waals surface area (Å²) in [6, 6.07) is 13.8. The van der Waals surface area contributed by atoms with Gasteiger partial charge in [-0.1, -0.05) is 36.4 Å². The second-order valence-corrected chi connectivity index (χ2v) is 5.29. The molecule has 0 bridgehead atoms. The zero-order chi connectivity index (χ0) is 15.2. The van der Waals surface area contributed by atoms with Gasteiger partial charge in [0.25, 0.3) is 0 Å². The van der Waals surface area contributed by atoms with Crippen molar-refractivity contribution < 1.29 is 9.90 Å². The first-order chi connectivity index (χ1) is 10.1. The normalized spacial score (nSPS) is 11.0. The molecule has 0 atom stereocenters. The fraction of sp³-hybridized carbons (Fsp3) is 0.211. The summed E-state index contributed by atoms with van der Waals surface area (Å²) in [5, 5.41) is 9.73. The van der Waals surface area contributed by atoms with Gasteiger partial charge in [0.1, 0.15) is 5.75 Å². The second-order valence-electron chi connectivity index (χ2n) is 5.29. The number of aryl methyl sites for hydroxylation is 3. The molecule has 21 heavy (non-hydrogen) atoms. The SMILES string of the molecule is Cc1cc(C=CC(=O)CCc2ccccc2)cc(C)c1O. The van der Waals surface area contributed by atoms with Crippen molar-refractivity contribution in [2.24, 2.45) is 0 Å². The van der Waals surface area contributed by atoms with Crippen LogP contribution in [0.2, 0.25) is 0 Å². The molecule has 0 aromatic heterocycles. The van der Waals surface area contributed by atoms with Crippen LogP contribution in [0, 0.1) is 13.8 Å². The van der Waals surface area contributed by atoms with Crippen molar-refractivity contribution in [3.05, 3.63) is 70.8 Å². The molecule has 0 aliphatic carbocycles. The summed E-state index contributed by atoms with van der Waals surface area (Å²) in [4.78, 5) is 11.9. The van der Waals surface area contributed by atoms with E-state index in [0.29, 0.717) is 12.2 Å². The zero-order valence-electron chi connectivity index (χ0n) is 12.5. The summed E-state index contributed by atoms with van der Waals surface area (Å²) in [7, 11) is 0. The van der Waals surface area contributed by atoms with Crippen LogP contribution in [0.4, 0.5) is 0 Å². The second kappa shape index (κ2) is 6.89. The minimum atomic E-state index is 0.113. The Morgan fingerprint density at radius 3 is 2.33 bits per heavy atom. The predicted molar refractivity (Wildman–Crippen MR) is 86.4 cm³/mol. The Balaban J connectivity index is 1.96. The number of hydrogen-bond donors (Lipinski definition) is 1. The van der Waals surface area contributed by atoms with E-state index in [2.05, 4.69) is 0 Å². The van der Waals surface area contributed by atoms with Gasteiger partial charge in [-0.05, 0) is 60.7 Å². The van der Waals surface area contributed by atoms with Crippen molar-refractivity contribution in [3.8, 4) is 5.75 Å². The van der Waals surface area contributed by atoms with Gasteiger partial charge in [-0.15, -0.1) is 0 Å². The third-order valence-electron chi connectivity index (χ3n) is 3.48. The van der Waals surface area contributed by atoms with Gasteiger partial charge < -0.3 is 5.11 Å². The fourth-order valence-electron chi connectivity index (χ4n) is 2.27. The number of rotatable bonds is 5. The summed E-state index contributed by atoms with van der Waals surface area (Å²) in [5.41, 5.74) is 3.77. The average molecular weight is 280 g/mol. The third-order valence-corrected chi connectivity index (χ3v) is 3.48. The highest BCUT2D eigenvalue weighted by Gasteiger charge is 2.02. The standard InChI is InChI=1S/C19H20O2/c1-14-12-17(13-15(2)19(14)21)9-11-18(20)10-8-16-6-4-3-5-7-16/h3-7,9,11-13,21H,8,10H2,1-2H3. The van der Waals surface area contributed by atoms with Crippen molar-refractivity contribution in [3.63, 3.8) is 0 Å². The molecule has 0 aliphatic rings. The summed E-state index contributed by atoms with van der Waals surface area (Å²) in [5.74, 6) is 0.435. The van der Waals surface area contributed by atoms with Gasteiger partial charge in [-0.3, -0.25) is 4.79 Å². The maximum Gasteiger partial charge on any atom is 0.156 e. The topological polar surface area (TPSA) is 37.3 Å². The molecular formula is C19H20O2. The van der Waals surface area contributed by atoms with Gasteiger partial charge in [0.05, 0.1) is 0 Å². The van der Waals surface area contributed by atoms with Crippen LogP contribution in [-0.4, -0.2) is 10.9 Å². The van der Waals surface area contributed by atoms with E-state index in [1.165, 1.54) is 5.56 Å². The molecule has 2 nitrogen and oxygen atoms in total. The van der Waals surface area contributed by atoms with Crippen LogP contribution in [0.3, 0.4) is 0 Å². The van der Waals surface area contributed by atoms with Crippen LogP contribution in [0.1, 0.15) is 28.7 Å². The predicted octanol–water partition coefficient (Wildman–Crippen LogP) is 4.22. The maximum absolute atomic E-state index is 11.9. The number of phenols is 1. The first kappa shape index (κ1) is 15.0. The van der Waals surface area contributed by atoms with Crippen LogP contribution < -0.4 is 0 Å². The van der Waals surface area contributed by atoms with Gasteiger partial charge in [0.2, 0.25) is 0 Å². The summed E-state index contributed by atoms with van der Waals surface area (Å²) in [6.07, 6.45) is 4.70. The molecule has 0 fully saturated rings. The lowest BCUT2D eigenvalue weighted by molar-refractivity contribution is -0.114. The fourth-order valence-corrected chi connectivity index (χ4v) is 2.27. The smallest absolute Gasteiger partial charge is 0.156 e. The van der Waals surface area contributed by atoms with Gasteiger partial charge >= 0.3 is 0 Å². The van der Waals surface area contributed by atoms with E-state index >= 15 is 0 Å². The highest BCUT2D eigenvalue weighted by Crippen LogP contribution is 2.23. The average Bonchev–Trinajstić information content (AvgIpc) is 2.49. The quantitative estimate of drug-likeness (QED) is 0.832. The number of aromatic hydroxyl groups is 1. The van der Waals surface area contributed by atoms with Crippen LogP contribution >= 0.6 is 0 Å². The summed E-state index contributed by atoms with van der Waals surface area (Å²) in [6.45, 7) is 3.72. The zero-order valence-corrected chi connectivity index (χ0v) is 12.5. The van der Waals surface area contributed by atoms with E-state index in [1.807, 2.05) is 62.4 Å². The molecule has 2 aromatic rings. The molecule has 2 heteroatoms. The first-order valence-electron chi connectivity index (χ1n) is 7.11. The van der Waals surface area contributed by atoms with Gasteiger partial charge in [0.15, 0.2) is 5.78 Å². The highest BCUT2D eigenvalue weighted by atomic mass is 16.3. The van der Waals surface area contributed by atoms with Crippen LogP contribution in [0.5, 0.6) is 5.75 Å². The highest BCUT2D eigenvalue weighted by molar-refractivity contribution is 5.93. The van der Waals surface area contributed by atoms with E-state index in [1.54, 1.807) is 6.08 Å². The molecule has 2 aromatic carbocycles. The number of allylic oxidation sites excluding steroid dienone is 1. The lowest BCUT2D eigenvalue weighted by atomic mass is 10.0. The summed E-state index contributed by atoms with van der Waals surface area (Å²) < 4.78 is 0. The number of hydrogen-bond acceptors (Lipinski definition) is 2. The molecular weight excluding hydrogens is 260 g/mol. The van der Waals surface area contributed by atoms with Crippen molar-refractivity contribution in [2.75, 3.05) is 0 Å². The molecule has 0 saturated carbocycles. The minimum Gasteiger partial charge on any atom is -0.507 e. The minimum absolute atomic E-state index is 0.113. The maximum atomic E-state index is 11.9. The molecule has 0 aliphatic heterocycles. The van der Waals surface area contributed by atoms with Crippen LogP contribution in [0.25, 0.3) is 6.08 Å². The molecule has 108 valence electrons. The van der Waals surface area contributed by atoms with Crippen molar-refractivity contribution in [2.45, 2.75) is 26.7 Å². The molecule has 0 saturated heterocycles. The Hall–Kier alpha value is -2.35. The van der Waals surface area contributed by atoms with Crippen molar-refractivity contribution in [1.29, 1.82) is 0 Å². The van der Waals surface area contributed by atoms with E-state index in [-0.39, 0.29) is 5.78 Å². The Morgan fingerprint density at radius 2 is 1.71 bits per heavy atom. The Labute approximate surface area is 125 Å². The number of phenolic OH excluding ortho intramolecular Hbond substituents is 1. The Bertz CT molecular complexity index is 632. The van der Waals surface area contributed by atoms with Crippen molar-refractivity contribution >= 4 is 11.9 Å². The lowest BCUT2D eigenvalue weighted by Crippen LogP contribution is -1.95. The third kappa shape index (κ3) is 4.32. The Kier molecular flexibility index (Phi) is 4.94. The van der Waals surface area contributed by atoms with Crippen molar-refractivity contribution in [1.82, 2.24) is 0 Å². The molecule has 2 rings (SSSR count). The monoisotopic (exact) mass is 280 g/mol. The number of carbonyl (C=O) groups is 1. The Morgan fingerprint density at radius 1 is 1.10 bits per heavy atom. The molecule has 0 radical (unpaired) electrons. The van der Waals surface area contributed by atoms with E-state index in [4.69, 9.17) is 0 Å². The van der Waals surface area contributed by atoms with E-state index < -0.39 is 0 Å². The van der Waals surface area contributed by atoms with E-state index in [9.17, 15) is 9.90 Å². The number of ketones is 1. The van der Waals surface area contributed by atoms with Crippen LogP contribution in [-0.2, 0) is 11.2 Å². The van der Waals surface area contributed by atoms with Gasteiger partial charge in [-0.25, -0.2) is 0 Å². The number of carbonyl (C=O) groups excluding carboxylic acids is 1. The largest absolute Gasteiger partial charge is 0.507 e. The molecule has 0 unspecified atom stereocenters. The lowest BCUT2D eigenvalue weighted by Gasteiger charge is -2.04. The summed E-state index contributed by atoms with van der Waals surface area (Å²) >= 11 is 0. The number of benzene rings is 2. The molecule has 0 amide bonds. The van der Waals surface area contributed by atoms with Gasteiger partial charge in [-0.2, -0.15) is 0 Å². The first-order valence-corrected chi connectivity index (χ1v) is 7.11. The molecule has 0 heterocycles. The molecule has 1 N–H and O–H groups in total.